The van der Waals surface area contributed by atoms with Gasteiger partial charge in [-0.25, -0.2) is 0 Å². The molecule has 0 radical (unpaired) electrons. The van der Waals surface area contributed by atoms with Gasteiger partial charge in [0.05, 0.1) is 12.0 Å². The topological polar surface area (TPSA) is 50.4 Å². The predicted octanol–water partition coefficient (Wildman–Crippen LogP) is 1.06. The fourth-order valence-electron chi connectivity index (χ4n) is 2.76. The molecule has 2 fully saturated rings. The third-order valence-corrected chi connectivity index (χ3v) is 3.89. The number of hydrogen-bond donors (Lipinski definition) is 2. The van der Waals surface area contributed by atoms with Crippen LogP contribution < -0.4 is 10.6 Å². The molecule has 0 bridgehead atoms. The van der Waals surface area contributed by atoms with Gasteiger partial charge < -0.3 is 15.4 Å². The van der Waals surface area contributed by atoms with Crippen LogP contribution in [0.15, 0.2) is 0 Å². The molecular formula is C13H24N2O2. The molecule has 1 amide bonds. The minimum Gasteiger partial charge on any atom is -0.378 e. The minimum absolute atomic E-state index is 0.147. The van der Waals surface area contributed by atoms with Crippen LogP contribution in [0.5, 0.6) is 0 Å². The van der Waals surface area contributed by atoms with Gasteiger partial charge in [-0.1, -0.05) is 0 Å². The van der Waals surface area contributed by atoms with E-state index < -0.39 is 0 Å². The lowest BCUT2D eigenvalue weighted by Gasteiger charge is -2.29. The molecule has 2 heterocycles. The quantitative estimate of drug-likeness (QED) is 0.772. The summed E-state index contributed by atoms with van der Waals surface area (Å²) in [6.45, 7) is 4.79. The Bertz CT molecular complexity index is 252. The average Bonchev–Trinajstić information content (AvgIpc) is 2.82. The largest absolute Gasteiger partial charge is 0.378 e. The van der Waals surface area contributed by atoms with Crippen LogP contribution in [0.4, 0.5) is 0 Å². The van der Waals surface area contributed by atoms with E-state index in [0.29, 0.717) is 12.1 Å². The summed E-state index contributed by atoms with van der Waals surface area (Å²) in [5.74, 6) is 0.357. The van der Waals surface area contributed by atoms with Crippen molar-refractivity contribution in [2.75, 3.05) is 19.7 Å². The van der Waals surface area contributed by atoms with Crippen molar-refractivity contribution < 1.29 is 9.53 Å². The number of nitrogens with one attached hydrogen (secondary N) is 2. The van der Waals surface area contributed by atoms with Gasteiger partial charge in [0.15, 0.2) is 0 Å². The molecule has 3 unspecified atom stereocenters. The Labute approximate surface area is 103 Å². The lowest BCUT2D eigenvalue weighted by Crippen LogP contribution is -2.47. The molecule has 2 saturated heterocycles. The van der Waals surface area contributed by atoms with Crippen molar-refractivity contribution in [2.24, 2.45) is 5.92 Å². The first kappa shape index (κ1) is 12.8. The highest BCUT2D eigenvalue weighted by Gasteiger charge is 2.27. The maximum absolute atomic E-state index is 12.0. The highest BCUT2D eigenvalue weighted by Crippen LogP contribution is 2.17. The zero-order valence-corrected chi connectivity index (χ0v) is 10.7. The molecule has 17 heavy (non-hydrogen) atoms. The molecule has 98 valence electrons. The van der Waals surface area contributed by atoms with E-state index in [2.05, 4.69) is 17.6 Å². The lowest BCUT2D eigenvalue weighted by molar-refractivity contribution is -0.126. The van der Waals surface area contributed by atoms with Crippen molar-refractivity contribution in [3.63, 3.8) is 0 Å². The molecular weight excluding hydrogens is 216 g/mol. The molecule has 2 aliphatic heterocycles. The summed E-state index contributed by atoms with van der Waals surface area (Å²) in [4.78, 5) is 12.0. The maximum atomic E-state index is 12.0. The third kappa shape index (κ3) is 3.68. The van der Waals surface area contributed by atoms with Crippen molar-refractivity contribution >= 4 is 5.91 Å². The standard InChI is InChI=1S/C13H24N2O2/c1-10-12(5-2-7-14-10)13(16)15-8-6-11-4-3-9-17-11/h10-12,14H,2-9H2,1H3,(H,15,16). The van der Waals surface area contributed by atoms with E-state index in [-0.39, 0.29) is 11.8 Å². The zero-order valence-electron chi connectivity index (χ0n) is 10.7. The molecule has 2 aliphatic rings. The van der Waals surface area contributed by atoms with Gasteiger partial charge in [0.2, 0.25) is 5.91 Å². The van der Waals surface area contributed by atoms with Gasteiger partial charge in [0.25, 0.3) is 0 Å². The molecule has 4 nitrogen and oxygen atoms in total. The van der Waals surface area contributed by atoms with Crippen LogP contribution in [0.3, 0.4) is 0 Å². The van der Waals surface area contributed by atoms with Crippen molar-refractivity contribution in [3.05, 3.63) is 0 Å². The van der Waals surface area contributed by atoms with Crippen LogP contribution >= 0.6 is 0 Å². The van der Waals surface area contributed by atoms with Crippen LogP contribution in [-0.2, 0) is 9.53 Å². The number of carbonyl (C=O) groups is 1. The second-order valence-electron chi connectivity index (χ2n) is 5.21. The number of carbonyl (C=O) groups excluding carboxylic acids is 1. The number of rotatable bonds is 4. The Kier molecular flexibility index (Phi) is 4.80. The molecule has 0 spiro atoms. The van der Waals surface area contributed by atoms with Gasteiger partial charge in [-0.15, -0.1) is 0 Å². The fraction of sp³-hybridized carbons (Fsp3) is 0.923. The van der Waals surface area contributed by atoms with Crippen LogP contribution in [0.2, 0.25) is 0 Å². The zero-order chi connectivity index (χ0) is 12.1. The monoisotopic (exact) mass is 240 g/mol. The van der Waals surface area contributed by atoms with Gasteiger partial charge in [0, 0.05) is 19.2 Å². The van der Waals surface area contributed by atoms with E-state index in [1.807, 2.05) is 0 Å². The van der Waals surface area contributed by atoms with E-state index in [0.717, 1.165) is 45.4 Å². The number of amides is 1. The van der Waals surface area contributed by atoms with E-state index in [1.165, 1.54) is 6.42 Å². The fourth-order valence-corrected chi connectivity index (χ4v) is 2.76. The van der Waals surface area contributed by atoms with Gasteiger partial charge in [-0.05, 0) is 45.6 Å². The van der Waals surface area contributed by atoms with Gasteiger partial charge in [0.1, 0.15) is 0 Å². The van der Waals surface area contributed by atoms with Crippen molar-refractivity contribution in [3.8, 4) is 0 Å². The first-order valence-corrected chi connectivity index (χ1v) is 6.90. The maximum Gasteiger partial charge on any atom is 0.224 e. The second kappa shape index (κ2) is 6.36. The molecule has 0 aliphatic carbocycles. The van der Waals surface area contributed by atoms with Crippen LogP contribution in [0.25, 0.3) is 0 Å². The van der Waals surface area contributed by atoms with Crippen molar-refractivity contribution in [2.45, 2.75) is 51.2 Å². The average molecular weight is 240 g/mol. The molecule has 4 heteroatoms. The minimum atomic E-state index is 0.147. The van der Waals surface area contributed by atoms with E-state index in [1.54, 1.807) is 0 Å². The molecule has 0 aromatic carbocycles. The highest BCUT2D eigenvalue weighted by molar-refractivity contribution is 5.79. The molecule has 0 saturated carbocycles. The highest BCUT2D eigenvalue weighted by atomic mass is 16.5. The van der Waals surface area contributed by atoms with E-state index >= 15 is 0 Å². The predicted molar refractivity (Wildman–Crippen MR) is 66.8 cm³/mol. The van der Waals surface area contributed by atoms with Crippen molar-refractivity contribution in [1.29, 1.82) is 0 Å². The lowest BCUT2D eigenvalue weighted by atomic mass is 9.91. The van der Waals surface area contributed by atoms with Gasteiger partial charge >= 0.3 is 0 Å². The summed E-state index contributed by atoms with van der Waals surface area (Å²) in [5.41, 5.74) is 0. The Balaban J connectivity index is 1.65. The molecule has 0 aromatic rings. The summed E-state index contributed by atoms with van der Waals surface area (Å²) in [7, 11) is 0. The summed E-state index contributed by atoms with van der Waals surface area (Å²) >= 11 is 0. The van der Waals surface area contributed by atoms with Gasteiger partial charge in [-0.2, -0.15) is 0 Å². The first-order valence-electron chi connectivity index (χ1n) is 6.90. The summed E-state index contributed by atoms with van der Waals surface area (Å²) in [6.07, 6.45) is 5.77. The molecule has 2 N–H and O–H groups in total. The summed E-state index contributed by atoms with van der Waals surface area (Å²) < 4.78 is 5.54. The Morgan fingerprint density at radius 2 is 2.29 bits per heavy atom. The Hall–Kier alpha value is -0.610. The second-order valence-corrected chi connectivity index (χ2v) is 5.21. The van der Waals surface area contributed by atoms with E-state index in [4.69, 9.17) is 4.74 Å². The molecule has 0 aromatic heterocycles. The number of ether oxygens (including phenoxy) is 1. The first-order chi connectivity index (χ1) is 8.27. The van der Waals surface area contributed by atoms with Gasteiger partial charge in [-0.3, -0.25) is 4.79 Å². The van der Waals surface area contributed by atoms with Crippen LogP contribution in [-0.4, -0.2) is 37.7 Å². The van der Waals surface area contributed by atoms with Crippen LogP contribution in [0, 0.1) is 5.92 Å². The summed E-state index contributed by atoms with van der Waals surface area (Å²) in [5, 5.41) is 6.41. The number of hydrogen-bond acceptors (Lipinski definition) is 3. The van der Waals surface area contributed by atoms with Crippen molar-refractivity contribution in [1.82, 2.24) is 10.6 Å². The normalized spacial score (nSPS) is 33.6. The Morgan fingerprint density at radius 3 is 3.00 bits per heavy atom. The SMILES string of the molecule is CC1NCCCC1C(=O)NCCC1CCCO1. The van der Waals surface area contributed by atoms with E-state index in [9.17, 15) is 4.79 Å². The third-order valence-electron chi connectivity index (χ3n) is 3.89. The molecule has 2 rings (SSSR count). The number of piperidine rings is 1. The van der Waals surface area contributed by atoms with Crippen LogP contribution in [0.1, 0.15) is 39.0 Å². The smallest absolute Gasteiger partial charge is 0.224 e. The summed E-state index contributed by atoms with van der Waals surface area (Å²) in [6, 6.07) is 0.312. The molecule has 3 atom stereocenters. The Morgan fingerprint density at radius 1 is 1.41 bits per heavy atom.